The van der Waals surface area contributed by atoms with E-state index >= 15 is 0 Å². The van der Waals surface area contributed by atoms with Gasteiger partial charge in [-0.25, -0.2) is 4.39 Å². The molecule has 1 aromatic heterocycles. The highest BCUT2D eigenvalue weighted by atomic mass is 19.1. The molecule has 4 nitrogen and oxygen atoms in total. The van der Waals surface area contributed by atoms with Crippen molar-refractivity contribution in [2.75, 3.05) is 32.7 Å². The summed E-state index contributed by atoms with van der Waals surface area (Å²) >= 11 is 0. The molecule has 172 valence electrons. The third kappa shape index (κ3) is 4.19. The lowest BCUT2D eigenvalue weighted by Crippen LogP contribution is -2.39. The SMILES string of the molecule is O=C(c1cccc2cc[nH]c12)N1CC(CN2CCC(c3ccc(F)cc3)CC2)C(C2CC2)C1. The van der Waals surface area contributed by atoms with Gasteiger partial charge in [-0.1, -0.05) is 24.3 Å². The Balaban J connectivity index is 1.11. The van der Waals surface area contributed by atoms with Crippen LogP contribution in [0.2, 0.25) is 0 Å². The molecule has 3 aromatic rings. The fourth-order valence-electron chi connectivity index (χ4n) is 6.26. The zero-order chi connectivity index (χ0) is 22.4. The minimum atomic E-state index is -0.157. The number of likely N-dealkylation sites (tertiary alicyclic amines) is 2. The number of hydrogen-bond donors (Lipinski definition) is 1. The Morgan fingerprint density at radius 1 is 0.970 bits per heavy atom. The summed E-state index contributed by atoms with van der Waals surface area (Å²) in [4.78, 5) is 21.5. The number of rotatable bonds is 5. The topological polar surface area (TPSA) is 39.3 Å². The van der Waals surface area contributed by atoms with E-state index in [0.717, 1.165) is 67.9 Å². The molecule has 3 heterocycles. The van der Waals surface area contributed by atoms with Gasteiger partial charge in [0.05, 0.1) is 11.1 Å². The standard InChI is InChI=1S/C28H32FN3O/c29-24-8-6-19(7-9-24)20-11-14-31(15-12-20)16-23-17-32(18-26(23)21-4-5-21)28(33)25-3-1-2-22-10-13-30-27(22)25/h1-3,6-10,13,20-21,23,26,30H,4-5,11-12,14-18H2. The van der Waals surface area contributed by atoms with Gasteiger partial charge in [-0.15, -0.1) is 0 Å². The third-order valence-electron chi connectivity index (χ3n) is 8.25. The van der Waals surface area contributed by atoms with E-state index < -0.39 is 0 Å². The maximum atomic E-state index is 13.5. The van der Waals surface area contributed by atoms with E-state index in [1.54, 1.807) is 12.1 Å². The first kappa shape index (κ1) is 20.9. The summed E-state index contributed by atoms with van der Waals surface area (Å²) in [5.74, 6) is 2.54. The van der Waals surface area contributed by atoms with Gasteiger partial charge >= 0.3 is 0 Å². The molecule has 2 saturated heterocycles. The van der Waals surface area contributed by atoms with Gasteiger partial charge in [-0.2, -0.15) is 0 Å². The van der Waals surface area contributed by atoms with Gasteiger partial charge in [-0.3, -0.25) is 4.79 Å². The zero-order valence-corrected chi connectivity index (χ0v) is 19.1. The van der Waals surface area contributed by atoms with Crippen LogP contribution in [0.25, 0.3) is 10.9 Å². The fraction of sp³-hybridized carbons (Fsp3) is 0.464. The fourth-order valence-corrected chi connectivity index (χ4v) is 6.26. The van der Waals surface area contributed by atoms with Crippen molar-refractivity contribution in [1.29, 1.82) is 0 Å². The Bertz CT molecular complexity index is 1130. The molecule has 3 fully saturated rings. The van der Waals surface area contributed by atoms with Crippen LogP contribution in [0.4, 0.5) is 4.39 Å². The van der Waals surface area contributed by atoms with Gasteiger partial charge in [0.15, 0.2) is 0 Å². The van der Waals surface area contributed by atoms with Crippen molar-refractivity contribution < 1.29 is 9.18 Å². The Kier molecular flexibility index (Phi) is 5.45. The number of para-hydroxylation sites is 1. The highest BCUT2D eigenvalue weighted by molar-refractivity contribution is 6.05. The van der Waals surface area contributed by atoms with Crippen molar-refractivity contribution in [1.82, 2.24) is 14.8 Å². The molecule has 3 aliphatic rings. The first-order valence-corrected chi connectivity index (χ1v) is 12.5. The summed E-state index contributed by atoms with van der Waals surface area (Å²) < 4.78 is 13.3. The first-order valence-electron chi connectivity index (χ1n) is 12.5. The molecule has 6 rings (SSSR count). The molecule has 1 amide bonds. The number of H-pyrrole nitrogens is 1. The molecular formula is C28H32FN3O. The number of piperidine rings is 1. The van der Waals surface area contributed by atoms with Crippen LogP contribution in [0.1, 0.15) is 47.5 Å². The van der Waals surface area contributed by atoms with Crippen LogP contribution in [0, 0.1) is 23.6 Å². The minimum absolute atomic E-state index is 0.157. The Labute approximate surface area is 194 Å². The number of aromatic amines is 1. The van der Waals surface area contributed by atoms with Gasteiger partial charge in [0, 0.05) is 31.2 Å². The normalized spacial score (nSPS) is 24.6. The molecule has 2 unspecified atom stereocenters. The van der Waals surface area contributed by atoms with Gasteiger partial charge in [0.25, 0.3) is 5.91 Å². The molecule has 33 heavy (non-hydrogen) atoms. The van der Waals surface area contributed by atoms with Crippen molar-refractivity contribution in [2.24, 2.45) is 17.8 Å². The largest absolute Gasteiger partial charge is 0.361 e. The number of halogens is 1. The average Bonchev–Trinajstić information content (AvgIpc) is 3.41. The molecule has 2 atom stereocenters. The highest BCUT2D eigenvalue weighted by Gasteiger charge is 2.44. The maximum absolute atomic E-state index is 13.5. The van der Waals surface area contributed by atoms with Crippen LogP contribution in [0.3, 0.4) is 0 Å². The van der Waals surface area contributed by atoms with Crippen molar-refractivity contribution >= 4 is 16.8 Å². The van der Waals surface area contributed by atoms with E-state index in [-0.39, 0.29) is 11.7 Å². The summed E-state index contributed by atoms with van der Waals surface area (Å²) in [6.07, 6.45) is 6.81. The van der Waals surface area contributed by atoms with Crippen LogP contribution in [-0.4, -0.2) is 53.4 Å². The zero-order valence-electron chi connectivity index (χ0n) is 19.1. The van der Waals surface area contributed by atoms with Gasteiger partial charge in [0.2, 0.25) is 0 Å². The molecule has 5 heteroatoms. The lowest BCUT2D eigenvalue weighted by Gasteiger charge is -2.34. The number of aromatic nitrogens is 1. The smallest absolute Gasteiger partial charge is 0.256 e. The molecule has 1 aliphatic carbocycles. The summed E-state index contributed by atoms with van der Waals surface area (Å²) in [7, 11) is 0. The van der Waals surface area contributed by atoms with Crippen molar-refractivity contribution in [3.05, 3.63) is 71.7 Å². The summed E-state index contributed by atoms with van der Waals surface area (Å²) in [5, 5.41) is 1.10. The number of nitrogens with zero attached hydrogens (tertiary/aromatic N) is 2. The van der Waals surface area contributed by atoms with E-state index in [1.807, 2.05) is 36.5 Å². The van der Waals surface area contributed by atoms with Crippen molar-refractivity contribution in [2.45, 2.75) is 31.6 Å². The third-order valence-corrected chi connectivity index (χ3v) is 8.25. The molecule has 2 aliphatic heterocycles. The summed E-state index contributed by atoms with van der Waals surface area (Å²) in [6.45, 7) is 5.04. The monoisotopic (exact) mass is 445 g/mol. The lowest BCUT2D eigenvalue weighted by atomic mass is 9.87. The number of benzene rings is 2. The predicted octanol–water partition coefficient (Wildman–Crippen LogP) is 5.28. The molecule has 0 radical (unpaired) electrons. The molecule has 0 bridgehead atoms. The second-order valence-corrected chi connectivity index (χ2v) is 10.3. The summed E-state index contributed by atoms with van der Waals surface area (Å²) in [5.41, 5.74) is 3.02. The van der Waals surface area contributed by atoms with E-state index in [2.05, 4.69) is 20.9 Å². The Morgan fingerprint density at radius 2 is 1.76 bits per heavy atom. The van der Waals surface area contributed by atoms with Crippen LogP contribution in [-0.2, 0) is 0 Å². The van der Waals surface area contributed by atoms with E-state index in [0.29, 0.717) is 17.8 Å². The second-order valence-electron chi connectivity index (χ2n) is 10.3. The number of fused-ring (bicyclic) bond motifs is 1. The van der Waals surface area contributed by atoms with Crippen LogP contribution in [0.15, 0.2) is 54.7 Å². The van der Waals surface area contributed by atoms with Gasteiger partial charge in [-0.05, 0) is 92.3 Å². The minimum Gasteiger partial charge on any atom is -0.361 e. The highest BCUT2D eigenvalue weighted by Crippen LogP contribution is 2.45. The van der Waals surface area contributed by atoms with E-state index in [9.17, 15) is 9.18 Å². The lowest BCUT2D eigenvalue weighted by molar-refractivity contribution is 0.0781. The number of carbonyl (C=O) groups excluding carboxylic acids is 1. The molecular weight excluding hydrogens is 413 g/mol. The number of carbonyl (C=O) groups is 1. The van der Waals surface area contributed by atoms with Crippen LogP contribution >= 0.6 is 0 Å². The van der Waals surface area contributed by atoms with Crippen LogP contribution < -0.4 is 0 Å². The average molecular weight is 446 g/mol. The van der Waals surface area contributed by atoms with E-state index in [1.165, 1.54) is 18.4 Å². The van der Waals surface area contributed by atoms with Crippen molar-refractivity contribution in [3.63, 3.8) is 0 Å². The maximum Gasteiger partial charge on any atom is 0.256 e. The first-order chi connectivity index (χ1) is 16.2. The Hall–Kier alpha value is -2.66. The molecule has 2 aromatic carbocycles. The predicted molar refractivity (Wildman–Crippen MR) is 129 cm³/mol. The van der Waals surface area contributed by atoms with E-state index in [4.69, 9.17) is 0 Å². The quantitative estimate of drug-likeness (QED) is 0.580. The number of hydrogen-bond acceptors (Lipinski definition) is 2. The second kappa shape index (κ2) is 8.60. The number of nitrogens with one attached hydrogen (secondary N) is 1. The van der Waals surface area contributed by atoms with Gasteiger partial charge < -0.3 is 14.8 Å². The molecule has 0 spiro atoms. The Morgan fingerprint density at radius 3 is 2.52 bits per heavy atom. The molecule has 1 saturated carbocycles. The van der Waals surface area contributed by atoms with Crippen molar-refractivity contribution in [3.8, 4) is 0 Å². The molecule has 1 N–H and O–H groups in total. The van der Waals surface area contributed by atoms with Crippen LogP contribution in [0.5, 0.6) is 0 Å². The number of amides is 1. The van der Waals surface area contributed by atoms with Gasteiger partial charge in [0.1, 0.15) is 5.82 Å². The summed E-state index contributed by atoms with van der Waals surface area (Å²) in [6, 6.07) is 15.1.